The van der Waals surface area contributed by atoms with Crippen molar-refractivity contribution >= 4 is 11.8 Å². The van der Waals surface area contributed by atoms with Gasteiger partial charge in [0.15, 0.2) is 6.61 Å². The highest BCUT2D eigenvalue weighted by atomic mass is 16.5. The molecule has 1 saturated heterocycles. The van der Waals surface area contributed by atoms with E-state index in [1.54, 1.807) is 6.07 Å². The molecule has 2 heterocycles. The van der Waals surface area contributed by atoms with Gasteiger partial charge in [0.2, 0.25) is 11.8 Å². The van der Waals surface area contributed by atoms with Crippen molar-refractivity contribution < 1.29 is 18.7 Å². The molecular formula is C23H24N4O4. The first-order valence-electron chi connectivity index (χ1n) is 10.4. The number of para-hydroxylation sites is 1. The largest absolute Gasteiger partial charge is 0.483 e. The molecule has 1 aromatic heterocycles. The van der Waals surface area contributed by atoms with Crippen LogP contribution in [0.1, 0.15) is 19.3 Å². The molecule has 0 aliphatic carbocycles. The van der Waals surface area contributed by atoms with Crippen LogP contribution in [-0.2, 0) is 9.59 Å². The van der Waals surface area contributed by atoms with Gasteiger partial charge in [-0.05, 0) is 37.1 Å². The van der Waals surface area contributed by atoms with Gasteiger partial charge in [-0.1, -0.05) is 30.3 Å². The Labute approximate surface area is 180 Å². The molecule has 8 heteroatoms. The Bertz CT molecular complexity index is 1030. The summed E-state index contributed by atoms with van der Waals surface area (Å²) in [5, 5.41) is 11.1. The number of hydrogen-bond donors (Lipinski definition) is 1. The molecule has 0 atom stereocenters. The van der Waals surface area contributed by atoms with Crippen molar-refractivity contribution in [2.75, 3.05) is 26.2 Å². The van der Waals surface area contributed by atoms with E-state index in [1.165, 1.54) is 0 Å². The molecule has 8 nitrogen and oxygen atoms in total. The topological polar surface area (TPSA) is 97.6 Å². The maximum absolute atomic E-state index is 12.1. The first-order chi connectivity index (χ1) is 15.2. The maximum atomic E-state index is 12.1. The number of nitrogens with zero attached hydrogens (tertiary/aromatic N) is 3. The van der Waals surface area contributed by atoms with E-state index in [1.807, 2.05) is 53.4 Å². The third-order valence-electron chi connectivity index (χ3n) is 5.02. The Hall–Kier alpha value is -3.68. The SMILES string of the molecule is O=C(COc1ccccc1-c1nnc(-c2ccccc2)o1)NCCCN1CCCC1=O. The highest BCUT2D eigenvalue weighted by molar-refractivity contribution is 5.78. The number of carbonyl (C=O) groups is 2. The summed E-state index contributed by atoms with van der Waals surface area (Å²) in [6, 6.07) is 16.7. The van der Waals surface area contributed by atoms with Gasteiger partial charge in [-0.15, -0.1) is 10.2 Å². The molecule has 1 fully saturated rings. The third kappa shape index (κ3) is 5.28. The van der Waals surface area contributed by atoms with Crippen LogP contribution in [0.3, 0.4) is 0 Å². The zero-order valence-electron chi connectivity index (χ0n) is 17.1. The minimum atomic E-state index is -0.224. The molecule has 160 valence electrons. The highest BCUT2D eigenvalue weighted by Gasteiger charge is 2.19. The van der Waals surface area contributed by atoms with Crippen LogP contribution in [0, 0.1) is 0 Å². The molecule has 31 heavy (non-hydrogen) atoms. The smallest absolute Gasteiger partial charge is 0.257 e. The number of ether oxygens (including phenoxy) is 1. The van der Waals surface area contributed by atoms with Crippen molar-refractivity contribution in [3.8, 4) is 28.7 Å². The van der Waals surface area contributed by atoms with Gasteiger partial charge in [0, 0.05) is 31.6 Å². The Morgan fingerprint density at radius 3 is 2.65 bits per heavy atom. The lowest BCUT2D eigenvalue weighted by Crippen LogP contribution is -2.33. The lowest BCUT2D eigenvalue weighted by atomic mass is 10.2. The normalized spacial score (nSPS) is 13.4. The minimum Gasteiger partial charge on any atom is -0.483 e. The van der Waals surface area contributed by atoms with E-state index in [9.17, 15) is 9.59 Å². The quantitative estimate of drug-likeness (QED) is 0.535. The van der Waals surface area contributed by atoms with E-state index in [-0.39, 0.29) is 18.4 Å². The molecule has 1 N–H and O–H groups in total. The Morgan fingerprint density at radius 2 is 1.84 bits per heavy atom. The second kappa shape index (κ2) is 9.88. The number of likely N-dealkylation sites (tertiary alicyclic amines) is 1. The summed E-state index contributed by atoms with van der Waals surface area (Å²) in [6.07, 6.45) is 2.27. The molecule has 0 saturated carbocycles. The Morgan fingerprint density at radius 1 is 1.06 bits per heavy atom. The summed E-state index contributed by atoms with van der Waals surface area (Å²) in [5.41, 5.74) is 1.45. The van der Waals surface area contributed by atoms with Crippen molar-refractivity contribution in [2.24, 2.45) is 0 Å². The van der Waals surface area contributed by atoms with Crippen molar-refractivity contribution in [2.45, 2.75) is 19.3 Å². The number of amides is 2. The molecule has 3 aromatic rings. The first kappa shape index (κ1) is 20.6. The van der Waals surface area contributed by atoms with Crippen molar-refractivity contribution in [1.29, 1.82) is 0 Å². The van der Waals surface area contributed by atoms with Crippen LogP contribution in [0.2, 0.25) is 0 Å². The molecule has 0 spiro atoms. The molecule has 1 aliphatic rings. The van der Waals surface area contributed by atoms with E-state index in [0.29, 0.717) is 42.6 Å². The van der Waals surface area contributed by atoms with Gasteiger partial charge in [-0.2, -0.15) is 0 Å². The average molecular weight is 420 g/mol. The van der Waals surface area contributed by atoms with E-state index >= 15 is 0 Å². The van der Waals surface area contributed by atoms with Crippen molar-refractivity contribution in [3.05, 3.63) is 54.6 Å². The fourth-order valence-electron chi connectivity index (χ4n) is 3.43. The standard InChI is InChI=1S/C23H24N4O4/c28-20(24-13-7-15-27-14-6-12-21(27)29)16-30-19-11-5-4-10-18(19)23-26-25-22(31-23)17-8-2-1-3-9-17/h1-5,8-11H,6-7,12-16H2,(H,24,28). The number of hydrogen-bond acceptors (Lipinski definition) is 6. The summed E-state index contributed by atoms with van der Waals surface area (Å²) < 4.78 is 11.5. The molecule has 0 unspecified atom stereocenters. The van der Waals surface area contributed by atoms with Crippen molar-refractivity contribution in [1.82, 2.24) is 20.4 Å². The second-order valence-electron chi connectivity index (χ2n) is 7.25. The third-order valence-corrected chi connectivity index (χ3v) is 5.02. The molecule has 4 rings (SSSR count). The zero-order valence-corrected chi connectivity index (χ0v) is 17.1. The zero-order chi connectivity index (χ0) is 21.5. The van der Waals surface area contributed by atoms with E-state index in [4.69, 9.17) is 9.15 Å². The molecule has 0 bridgehead atoms. The fourth-order valence-corrected chi connectivity index (χ4v) is 3.43. The number of aromatic nitrogens is 2. The van der Waals surface area contributed by atoms with E-state index in [0.717, 1.165) is 24.9 Å². The van der Waals surface area contributed by atoms with Crippen LogP contribution in [0.4, 0.5) is 0 Å². The molecule has 2 aromatic carbocycles. The van der Waals surface area contributed by atoms with E-state index in [2.05, 4.69) is 15.5 Å². The van der Waals surface area contributed by atoms with Gasteiger partial charge in [0.25, 0.3) is 11.8 Å². The van der Waals surface area contributed by atoms with Crippen LogP contribution in [0.15, 0.2) is 59.0 Å². The van der Waals surface area contributed by atoms with E-state index < -0.39 is 0 Å². The number of rotatable bonds is 9. The fraction of sp³-hybridized carbons (Fsp3) is 0.304. The van der Waals surface area contributed by atoms with Gasteiger partial charge >= 0.3 is 0 Å². The average Bonchev–Trinajstić information content (AvgIpc) is 3.45. The summed E-state index contributed by atoms with van der Waals surface area (Å²) in [4.78, 5) is 25.6. The number of carbonyl (C=O) groups excluding carboxylic acids is 2. The van der Waals surface area contributed by atoms with Crippen LogP contribution in [0.25, 0.3) is 22.9 Å². The van der Waals surface area contributed by atoms with Gasteiger partial charge in [0.05, 0.1) is 5.56 Å². The predicted octanol–water partition coefficient (Wildman–Crippen LogP) is 2.91. The molecule has 2 amide bonds. The summed E-state index contributed by atoms with van der Waals surface area (Å²) in [7, 11) is 0. The molecule has 1 aliphatic heterocycles. The molecular weight excluding hydrogens is 396 g/mol. The van der Waals surface area contributed by atoms with Crippen molar-refractivity contribution in [3.63, 3.8) is 0 Å². The minimum absolute atomic E-state index is 0.126. The van der Waals surface area contributed by atoms with Gasteiger partial charge < -0.3 is 19.4 Å². The number of benzene rings is 2. The number of nitrogens with one attached hydrogen (secondary N) is 1. The maximum Gasteiger partial charge on any atom is 0.257 e. The highest BCUT2D eigenvalue weighted by Crippen LogP contribution is 2.30. The Kier molecular flexibility index (Phi) is 6.56. The van der Waals surface area contributed by atoms with Gasteiger partial charge in [-0.25, -0.2) is 0 Å². The lowest BCUT2D eigenvalue weighted by molar-refractivity contribution is -0.127. The summed E-state index contributed by atoms with van der Waals surface area (Å²) in [6.45, 7) is 1.86. The second-order valence-corrected chi connectivity index (χ2v) is 7.25. The van der Waals surface area contributed by atoms with Crippen LogP contribution in [-0.4, -0.2) is 53.2 Å². The lowest BCUT2D eigenvalue weighted by Gasteiger charge is -2.15. The first-order valence-corrected chi connectivity index (χ1v) is 10.4. The molecule has 0 radical (unpaired) electrons. The van der Waals surface area contributed by atoms with Crippen LogP contribution < -0.4 is 10.1 Å². The monoisotopic (exact) mass is 420 g/mol. The predicted molar refractivity (Wildman–Crippen MR) is 114 cm³/mol. The summed E-state index contributed by atoms with van der Waals surface area (Å²) >= 11 is 0. The van der Waals surface area contributed by atoms with Crippen LogP contribution in [0.5, 0.6) is 5.75 Å². The summed E-state index contributed by atoms with van der Waals surface area (Å²) in [5.74, 6) is 1.20. The Balaban J connectivity index is 1.30. The van der Waals surface area contributed by atoms with Crippen LogP contribution >= 0.6 is 0 Å². The van der Waals surface area contributed by atoms with Gasteiger partial charge in [0.1, 0.15) is 5.75 Å². The van der Waals surface area contributed by atoms with Gasteiger partial charge in [-0.3, -0.25) is 9.59 Å².